The lowest BCUT2D eigenvalue weighted by atomic mass is 10.4. The molecule has 0 aromatic carbocycles. The lowest BCUT2D eigenvalue weighted by Crippen LogP contribution is -2.03. The molecular formula is C11H11N5O3S. The van der Waals surface area contributed by atoms with E-state index in [1.165, 1.54) is 15.7 Å². The van der Waals surface area contributed by atoms with Crippen LogP contribution < -0.4 is 5.32 Å². The van der Waals surface area contributed by atoms with Crippen molar-refractivity contribution in [2.75, 3.05) is 5.32 Å². The zero-order valence-electron chi connectivity index (χ0n) is 10.8. The van der Waals surface area contributed by atoms with Crippen molar-refractivity contribution in [3.63, 3.8) is 0 Å². The largest absolute Gasteiger partial charge is 0.444 e. The predicted molar refractivity (Wildman–Crippen MR) is 73.0 cm³/mol. The quantitative estimate of drug-likeness (QED) is 0.586. The maximum Gasteiger partial charge on any atom is 0.372 e. The van der Waals surface area contributed by atoms with E-state index >= 15 is 0 Å². The molecule has 0 fully saturated rings. The third-order valence-corrected chi connectivity index (χ3v) is 3.65. The molecule has 0 bridgehead atoms. The van der Waals surface area contributed by atoms with E-state index in [2.05, 4.69) is 15.3 Å². The smallest absolute Gasteiger partial charge is 0.372 e. The molecule has 3 aromatic heterocycles. The number of aryl methyl sites for hydroxylation is 2. The van der Waals surface area contributed by atoms with Crippen LogP contribution in [0.25, 0.3) is 4.96 Å². The standard InChI is InChI=1S/C11H11N5O3S/c1-6-7(2)19-8(13-6)5-12-9-10(16(17)18)15-3-4-20-11(15)14-9/h3-4,12H,5H2,1-2H3. The highest BCUT2D eigenvalue weighted by Gasteiger charge is 2.23. The maximum atomic E-state index is 11.1. The van der Waals surface area contributed by atoms with Gasteiger partial charge < -0.3 is 19.8 Å². The van der Waals surface area contributed by atoms with Crippen LogP contribution >= 0.6 is 11.3 Å². The van der Waals surface area contributed by atoms with Crippen molar-refractivity contribution < 1.29 is 9.34 Å². The summed E-state index contributed by atoms with van der Waals surface area (Å²) in [5.74, 6) is 1.35. The van der Waals surface area contributed by atoms with Gasteiger partial charge in [-0.15, -0.1) is 0 Å². The topological polar surface area (TPSA) is 98.5 Å². The van der Waals surface area contributed by atoms with Gasteiger partial charge in [0.2, 0.25) is 11.7 Å². The van der Waals surface area contributed by atoms with E-state index in [0.29, 0.717) is 10.9 Å². The molecule has 0 radical (unpaired) electrons. The Morgan fingerprint density at radius 2 is 2.30 bits per heavy atom. The Bertz CT molecular complexity index is 768. The van der Waals surface area contributed by atoms with Gasteiger partial charge >= 0.3 is 5.82 Å². The predicted octanol–water partition coefficient (Wildman–Crippen LogP) is 2.52. The lowest BCUT2D eigenvalue weighted by Gasteiger charge is -1.99. The Labute approximate surface area is 117 Å². The van der Waals surface area contributed by atoms with Crippen LogP contribution in [0.5, 0.6) is 0 Å². The Morgan fingerprint density at radius 1 is 1.50 bits per heavy atom. The van der Waals surface area contributed by atoms with E-state index in [4.69, 9.17) is 4.42 Å². The van der Waals surface area contributed by atoms with Crippen molar-refractivity contribution in [3.05, 3.63) is 39.0 Å². The van der Waals surface area contributed by atoms with Gasteiger partial charge in [-0.2, -0.15) is 9.38 Å². The number of fused-ring (bicyclic) bond motifs is 1. The fourth-order valence-electron chi connectivity index (χ4n) is 1.84. The summed E-state index contributed by atoms with van der Waals surface area (Å²) < 4.78 is 6.86. The van der Waals surface area contributed by atoms with Gasteiger partial charge in [0.05, 0.1) is 12.2 Å². The Balaban J connectivity index is 1.88. The maximum absolute atomic E-state index is 11.1. The Morgan fingerprint density at radius 3 is 2.95 bits per heavy atom. The fraction of sp³-hybridized carbons (Fsp3) is 0.273. The summed E-state index contributed by atoms with van der Waals surface area (Å²) in [4.78, 5) is 19.7. The third kappa shape index (κ3) is 2.01. The Kier molecular flexibility index (Phi) is 2.90. The molecule has 1 N–H and O–H groups in total. The zero-order chi connectivity index (χ0) is 14.3. The van der Waals surface area contributed by atoms with Crippen LogP contribution in [0, 0.1) is 24.0 Å². The van der Waals surface area contributed by atoms with E-state index in [0.717, 1.165) is 11.5 Å². The molecule has 3 rings (SSSR count). The molecule has 8 nitrogen and oxygen atoms in total. The van der Waals surface area contributed by atoms with Crippen molar-refractivity contribution in [3.8, 4) is 0 Å². The number of aromatic nitrogens is 3. The van der Waals surface area contributed by atoms with Crippen LogP contribution in [0.3, 0.4) is 0 Å². The van der Waals surface area contributed by atoms with Gasteiger partial charge in [0.15, 0.2) is 0 Å². The highest BCUT2D eigenvalue weighted by molar-refractivity contribution is 7.15. The summed E-state index contributed by atoms with van der Waals surface area (Å²) in [6, 6.07) is 0. The van der Waals surface area contributed by atoms with Crippen LogP contribution in [-0.2, 0) is 6.54 Å². The number of oxazole rings is 1. The van der Waals surface area contributed by atoms with Crippen molar-refractivity contribution >= 4 is 27.9 Å². The van der Waals surface area contributed by atoms with Gasteiger partial charge in [-0.3, -0.25) is 0 Å². The Hall–Kier alpha value is -2.42. The van der Waals surface area contributed by atoms with E-state index in [1.54, 1.807) is 11.6 Å². The van der Waals surface area contributed by atoms with E-state index in [9.17, 15) is 10.1 Å². The molecule has 104 valence electrons. The number of nitrogens with zero attached hydrogens (tertiary/aromatic N) is 4. The summed E-state index contributed by atoms with van der Waals surface area (Å²) in [6.07, 6.45) is 1.62. The summed E-state index contributed by atoms with van der Waals surface area (Å²) in [7, 11) is 0. The average Bonchev–Trinajstić information content (AvgIpc) is 3.01. The minimum absolute atomic E-state index is 0.0822. The minimum Gasteiger partial charge on any atom is -0.444 e. The molecule has 20 heavy (non-hydrogen) atoms. The number of hydrogen-bond donors (Lipinski definition) is 1. The van der Waals surface area contributed by atoms with Crippen LogP contribution in [0.1, 0.15) is 17.3 Å². The van der Waals surface area contributed by atoms with Crippen LogP contribution in [-0.4, -0.2) is 19.3 Å². The second-order valence-corrected chi connectivity index (χ2v) is 5.07. The molecule has 0 atom stereocenters. The van der Waals surface area contributed by atoms with Gasteiger partial charge in [-0.1, -0.05) is 11.3 Å². The van der Waals surface area contributed by atoms with Crippen LogP contribution in [0.15, 0.2) is 16.0 Å². The van der Waals surface area contributed by atoms with Gasteiger partial charge in [0.25, 0.3) is 4.96 Å². The number of nitrogens with one attached hydrogen (secondary N) is 1. The van der Waals surface area contributed by atoms with Gasteiger partial charge in [0, 0.05) is 5.38 Å². The first kappa shape index (κ1) is 12.6. The second-order valence-electron chi connectivity index (χ2n) is 4.20. The van der Waals surface area contributed by atoms with Crippen LogP contribution in [0.4, 0.5) is 11.6 Å². The first-order valence-corrected chi connectivity index (χ1v) is 6.71. The molecule has 0 spiro atoms. The van der Waals surface area contributed by atoms with Crippen molar-refractivity contribution in [1.29, 1.82) is 0 Å². The average molecular weight is 293 g/mol. The summed E-state index contributed by atoms with van der Waals surface area (Å²) in [5.41, 5.74) is 0.808. The highest BCUT2D eigenvalue weighted by atomic mass is 32.1. The van der Waals surface area contributed by atoms with Gasteiger partial charge in [-0.25, -0.2) is 4.98 Å². The first-order chi connectivity index (χ1) is 9.56. The molecule has 0 amide bonds. The number of rotatable bonds is 4. The van der Waals surface area contributed by atoms with Gasteiger partial charge in [0.1, 0.15) is 12.0 Å². The molecule has 0 aliphatic heterocycles. The number of thiazole rings is 1. The number of anilines is 1. The number of nitro groups is 1. The first-order valence-electron chi connectivity index (χ1n) is 5.83. The van der Waals surface area contributed by atoms with Crippen molar-refractivity contribution in [1.82, 2.24) is 14.4 Å². The molecule has 0 saturated carbocycles. The van der Waals surface area contributed by atoms with Gasteiger partial charge in [-0.05, 0) is 18.8 Å². The molecular weight excluding hydrogens is 282 g/mol. The SMILES string of the molecule is Cc1nc(CNc2nc3sccn3c2[N+](=O)[O-])oc1C. The molecule has 0 saturated heterocycles. The fourth-order valence-corrected chi connectivity index (χ4v) is 2.55. The number of imidazole rings is 1. The van der Waals surface area contributed by atoms with E-state index in [-0.39, 0.29) is 18.2 Å². The second kappa shape index (κ2) is 4.60. The normalized spacial score (nSPS) is 11.1. The van der Waals surface area contributed by atoms with Crippen LogP contribution in [0.2, 0.25) is 0 Å². The summed E-state index contributed by atoms with van der Waals surface area (Å²) in [5, 5.41) is 15.8. The molecule has 0 aliphatic rings. The molecule has 9 heteroatoms. The zero-order valence-corrected chi connectivity index (χ0v) is 11.6. The monoisotopic (exact) mass is 293 g/mol. The molecule has 3 aromatic rings. The van der Waals surface area contributed by atoms with E-state index in [1.807, 2.05) is 13.8 Å². The molecule has 3 heterocycles. The summed E-state index contributed by atoms with van der Waals surface area (Å²) in [6.45, 7) is 3.92. The van der Waals surface area contributed by atoms with Crippen molar-refractivity contribution in [2.24, 2.45) is 0 Å². The van der Waals surface area contributed by atoms with Crippen molar-refractivity contribution in [2.45, 2.75) is 20.4 Å². The highest BCUT2D eigenvalue weighted by Crippen LogP contribution is 2.28. The van der Waals surface area contributed by atoms with E-state index < -0.39 is 4.92 Å². The lowest BCUT2D eigenvalue weighted by molar-refractivity contribution is -0.389. The minimum atomic E-state index is -0.457. The molecule has 0 aliphatic carbocycles. The molecule has 0 unspecified atom stereocenters. The number of hydrogen-bond acceptors (Lipinski definition) is 7. The summed E-state index contributed by atoms with van der Waals surface area (Å²) >= 11 is 1.34. The third-order valence-electron chi connectivity index (χ3n) is 2.89.